The molecular weight excluding hydrogens is 128 g/mol. The number of rotatable bonds is 4. The summed E-state index contributed by atoms with van der Waals surface area (Å²) in [5, 5.41) is 17.5. The summed E-state index contributed by atoms with van der Waals surface area (Å²) in [5.74, 6) is -0.0973. The van der Waals surface area contributed by atoms with Gasteiger partial charge in [-0.15, -0.1) is 0 Å². The highest BCUT2D eigenvalue weighted by Gasteiger charge is 2.08. The molecule has 0 aliphatic heterocycles. The minimum absolute atomic E-state index is 0.0973. The molecule has 1 atom stereocenters. The van der Waals surface area contributed by atoms with Crippen LogP contribution in [0.15, 0.2) is 12.2 Å². The molecule has 0 aliphatic carbocycles. The summed E-state index contributed by atoms with van der Waals surface area (Å²) in [6.07, 6.45) is 4.32. The Bertz CT molecular complexity index is 97.4. The third-order valence-electron chi connectivity index (χ3n) is 1.47. The van der Waals surface area contributed by atoms with E-state index in [4.69, 9.17) is 10.2 Å². The quantitative estimate of drug-likeness (QED) is 0.461. The lowest BCUT2D eigenvalue weighted by atomic mass is 10.1. The molecule has 0 aromatic rings. The zero-order valence-electron chi connectivity index (χ0n) is 6.62. The second-order valence-corrected chi connectivity index (χ2v) is 2.32. The maximum Gasteiger partial charge on any atom is 0.157 e. The standard InChI is InChI=1S/C8H16O2/c1-3-5-6-7(4-2)8(9)10/h5-10H,3-4H2,1-2H3. The first-order chi connectivity index (χ1) is 4.72. The van der Waals surface area contributed by atoms with Gasteiger partial charge in [-0.2, -0.15) is 0 Å². The molecule has 60 valence electrons. The van der Waals surface area contributed by atoms with Gasteiger partial charge in [-0.25, -0.2) is 0 Å². The van der Waals surface area contributed by atoms with Crippen molar-refractivity contribution < 1.29 is 10.2 Å². The lowest BCUT2D eigenvalue weighted by Gasteiger charge is -2.11. The third-order valence-corrected chi connectivity index (χ3v) is 1.47. The van der Waals surface area contributed by atoms with Crippen LogP contribution in [0.5, 0.6) is 0 Å². The molecule has 10 heavy (non-hydrogen) atoms. The Kier molecular flexibility index (Phi) is 5.26. The second-order valence-electron chi connectivity index (χ2n) is 2.32. The van der Waals surface area contributed by atoms with Gasteiger partial charge in [0.15, 0.2) is 6.29 Å². The first-order valence-electron chi connectivity index (χ1n) is 3.75. The maximum atomic E-state index is 8.74. The summed E-state index contributed by atoms with van der Waals surface area (Å²) >= 11 is 0. The summed E-state index contributed by atoms with van der Waals surface area (Å²) in [4.78, 5) is 0. The molecule has 1 unspecified atom stereocenters. The van der Waals surface area contributed by atoms with Gasteiger partial charge in [0.25, 0.3) is 0 Å². The lowest BCUT2D eigenvalue weighted by Crippen LogP contribution is -2.16. The minimum Gasteiger partial charge on any atom is -0.368 e. The van der Waals surface area contributed by atoms with E-state index in [2.05, 4.69) is 0 Å². The van der Waals surface area contributed by atoms with Gasteiger partial charge in [-0.05, 0) is 12.8 Å². The fourth-order valence-corrected chi connectivity index (χ4v) is 0.757. The molecule has 0 saturated carbocycles. The Morgan fingerprint density at radius 2 is 1.90 bits per heavy atom. The highest BCUT2D eigenvalue weighted by atomic mass is 16.5. The molecule has 2 nitrogen and oxygen atoms in total. The molecule has 0 radical (unpaired) electrons. The monoisotopic (exact) mass is 144 g/mol. The van der Waals surface area contributed by atoms with Crippen molar-refractivity contribution in [1.82, 2.24) is 0 Å². The Morgan fingerprint density at radius 3 is 2.20 bits per heavy atom. The molecule has 0 rings (SSSR count). The number of aliphatic hydroxyl groups excluding tert-OH is 1. The average molecular weight is 144 g/mol. The van der Waals surface area contributed by atoms with E-state index in [0.717, 1.165) is 12.8 Å². The van der Waals surface area contributed by atoms with E-state index < -0.39 is 6.29 Å². The topological polar surface area (TPSA) is 40.5 Å². The molecule has 0 amide bonds. The van der Waals surface area contributed by atoms with Crippen LogP contribution in [0.25, 0.3) is 0 Å². The maximum absolute atomic E-state index is 8.74. The minimum atomic E-state index is -1.20. The van der Waals surface area contributed by atoms with Gasteiger partial charge in [0.2, 0.25) is 0 Å². The first kappa shape index (κ1) is 9.66. The van der Waals surface area contributed by atoms with Crippen molar-refractivity contribution in [2.75, 3.05) is 0 Å². The van der Waals surface area contributed by atoms with Crippen LogP contribution in [0.4, 0.5) is 0 Å². The molecular formula is C8H16O2. The van der Waals surface area contributed by atoms with Crippen molar-refractivity contribution in [2.45, 2.75) is 33.0 Å². The SMILES string of the molecule is CCC=CC(CC)C(O)O. The van der Waals surface area contributed by atoms with Crippen LogP contribution in [-0.4, -0.2) is 16.5 Å². The van der Waals surface area contributed by atoms with Crippen LogP contribution in [0, 0.1) is 5.92 Å². The fraction of sp³-hybridized carbons (Fsp3) is 0.750. The van der Waals surface area contributed by atoms with Crippen molar-refractivity contribution in [3.8, 4) is 0 Å². The molecule has 0 fully saturated rings. The Balaban J connectivity index is 3.71. The van der Waals surface area contributed by atoms with Gasteiger partial charge >= 0.3 is 0 Å². The number of allylic oxidation sites excluding steroid dienone is 1. The van der Waals surface area contributed by atoms with Crippen molar-refractivity contribution in [2.24, 2.45) is 5.92 Å². The van der Waals surface area contributed by atoms with E-state index >= 15 is 0 Å². The molecule has 0 heterocycles. The normalized spacial score (nSPS) is 14.9. The largest absolute Gasteiger partial charge is 0.368 e. The second kappa shape index (κ2) is 5.45. The summed E-state index contributed by atoms with van der Waals surface area (Å²) in [6.45, 7) is 3.96. The molecule has 0 aromatic carbocycles. The number of hydrogen-bond donors (Lipinski definition) is 2. The summed E-state index contributed by atoms with van der Waals surface area (Å²) < 4.78 is 0. The first-order valence-corrected chi connectivity index (χ1v) is 3.75. The molecule has 0 spiro atoms. The van der Waals surface area contributed by atoms with Crippen LogP contribution in [-0.2, 0) is 0 Å². The zero-order chi connectivity index (χ0) is 7.98. The van der Waals surface area contributed by atoms with Gasteiger partial charge in [-0.3, -0.25) is 0 Å². The summed E-state index contributed by atoms with van der Waals surface area (Å²) in [7, 11) is 0. The number of aliphatic hydroxyl groups is 2. The third kappa shape index (κ3) is 3.64. The smallest absolute Gasteiger partial charge is 0.157 e. The molecule has 2 N–H and O–H groups in total. The van der Waals surface area contributed by atoms with E-state index in [-0.39, 0.29) is 5.92 Å². The summed E-state index contributed by atoms with van der Waals surface area (Å²) in [6, 6.07) is 0. The van der Waals surface area contributed by atoms with Gasteiger partial charge < -0.3 is 10.2 Å². The lowest BCUT2D eigenvalue weighted by molar-refractivity contribution is -0.0707. The molecule has 2 heteroatoms. The highest BCUT2D eigenvalue weighted by molar-refractivity contribution is 4.87. The average Bonchev–Trinajstić information content (AvgIpc) is 1.89. The van der Waals surface area contributed by atoms with Crippen LogP contribution in [0.1, 0.15) is 26.7 Å². The van der Waals surface area contributed by atoms with E-state index in [1.807, 2.05) is 26.0 Å². The van der Waals surface area contributed by atoms with E-state index in [0.29, 0.717) is 0 Å². The Labute approximate surface area is 62.2 Å². The zero-order valence-corrected chi connectivity index (χ0v) is 6.62. The van der Waals surface area contributed by atoms with E-state index in [1.54, 1.807) is 0 Å². The molecule has 0 aliphatic rings. The highest BCUT2D eigenvalue weighted by Crippen LogP contribution is 2.08. The van der Waals surface area contributed by atoms with E-state index in [1.165, 1.54) is 0 Å². The molecule has 0 saturated heterocycles. The van der Waals surface area contributed by atoms with Gasteiger partial charge in [0, 0.05) is 5.92 Å². The Hall–Kier alpha value is -0.340. The van der Waals surface area contributed by atoms with Crippen molar-refractivity contribution in [3.05, 3.63) is 12.2 Å². The number of hydrogen-bond acceptors (Lipinski definition) is 2. The summed E-state index contributed by atoms with van der Waals surface area (Å²) in [5.41, 5.74) is 0. The molecule has 0 bridgehead atoms. The predicted molar refractivity (Wildman–Crippen MR) is 41.4 cm³/mol. The van der Waals surface area contributed by atoms with E-state index in [9.17, 15) is 0 Å². The van der Waals surface area contributed by atoms with Crippen LogP contribution in [0.3, 0.4) is 0 Å². The van der Waals surface area contributed by atoms with Crippen LogP contribution < -0.4 is 0 Å². The van der Waals surface area contributed by atoms with Gasteiger partial charge in [0.1, 0.15) is 0 Å². The predicted octanol–water partition coefficient (Wildman–Crippen LogP) is 1.29. The fourth-order valence-electron chi connectivity index (χ4n) is 0.757. The van der Waals surface area contributed by atoms with Crippen molar-refractivity contribution >= 4 is 0 Å². The van der Waals surface area contributed by atoms with Gasteiger partial charge in [0.05, 0.1) is 0 Å². The van der Waals surface area contributed by atoms with Crippen LogP contribution in [0.2, 0.25) is 0 Å². The van der Waals surface area contributed by atoms with Crippen molar-refractivity contribution in [1.29, 1.82) is 0 Å². The molecule has 0 aromatic heterocycles. The van der Waals surface area contributed by atoms with Crippen LogP contribution >= 0.6 is 0 Å². The van der Waals surface area contributed by atoms with Crippen molar-refractivity contribution in [3.63, 3.8) is 0 Å². The Morgan fingerprint density at radius 1 is 1.30 bits per heavy atom. The van der Waals surface area contributed by atoms with Gasteiger partial charge in [-0.1, -0.05) is 26.0 Å².